The van der Waals surface area contributed by atoms with E-state index >= 15 is 0 Å². The van der Waals surface area contributed by atoms with Crippen LogP contribution in [0.4, 0.5) is 0 Å². The molecule has 3 atom stereocenters. The lowest BCUT2D eigenvalue weighted by atomic mass is 9.83. The van der Waals surface area contributed by atoms with Gasteiger partial charge >= 0.3 is 0 Å². The Morgan fingerprint density at radius 2 is 2.14 bits per heavy atom. The average molecular weight is 290 g/mol. The number of methoxy groups -OCH3 is 1. The number of aryl methyl sites for hydroxylation is 1. The van der Waals surface area contributed by atoms with Gasteiger partial charge in [0.15, 0.2) is 0 Å². The van der Waals surface area contributed by atoms with E-state index in [-0.39, 0.29) is 6.04 Å². The molecular weight excluding hydrogens is 260 g/mol. The van der Waals surface area contributed by atoms with Crippen molar-refractivity contribution >= 4 is 0 Å². The molecule has 0 bridgehead atoms. The van der Waals surface area contributed by atoms with Crippen LogP contribution >= 0.6 is 0 Å². The molecule has 0 saturated carbocycles. The number of nitrogens with zero attached hydrogens (tertiary/aromatic N) is 1. The molecule has 3 unspecified atom stereocenters. The zero-order valence-corrected chi connectivity index (χ0v) is 13.9. The van der Waals surface area contributed by atoms with Crippen LogP contribution in [0.1, 0.15) is 50.8 Å². The van der Waals surface area contributed by atoms with Gasteiger partial charge in [-0.2, -0.15) is 0 Å². The summed E-state index contributed by atoms with van der Waals surface area (Å²) < 4.78 is 5.36. The lowest BCUT2D eigenvalue weighted by Gasteiger charge is -2.40. The van der Waals surface area contributed by atoms with Crippen LogP contribution in [0.5, 0.6) is 5.75 Å². The maximum Gasteiger partial charge on any atom is 0.119 e. The topological polar surface area (TPSA) is 38.5 Å². The highest BCUT2D eigenvalue weighted by molar-refractivity contribution is 5.40. The summed E-state index contributed by atoms with van der Waals surface area (Å²) in [6, 6.07) is 6.89. The van der Waals surface area contributed by atoms with Crippen LogP contribution in [-0.2, 0) is 6.42 Å². The van der Waals surface area contributed by atoms with E-state index in [0.717, 1.165) is 37.6 Å². The highest BCUT2D eigenvalue weighted by Crippen LogP contribution is 2.34. The third-order valence-corrected chi connectivity index (χ3v) is 4.95. The molecule has 0 fully saturated rings. The summed E-state index contributed by atoms with van der Waals surface area (Å²) in [4.78, 5) is 2.57. The zero-order chi connectivity index (χ0) is 15.4. The van der Waals surface area contributed by atoms with Crippen molar-refractivity contribution in [2.24, 2.45) is 11.7 Å². The molecule has 0 heterocycles. The van der Waals surface area contributed by atoms with Gasteiger partial charge in [0.2, 0.25) is 0 Å². The Balaban J connectivity index is 2.19. The minimum atomic E-state index is 0.0906. The highest BCUT2D eigenvalue weighted by Gasteiger charge is 2.31. The molecule has 118 valence electrons. The van der Waals surface area contributed by atoms with Crippen molar-refractivity contribution in [3.05, 3.63) is 29.3 Å². The molecule has 0 amide bonds. The molecule has 3 nitrogen and oxygen atoms in total. The molecule has 1 aliphatic carbocycles. The van der Waals surface area contributed by atoms with Crippen LogP contribution in [-0.4, -0.2) is 31.1 Å². The second-order valence-electron chi connectivity index (χ2n) is 6.30. The van der Waals surface area contributed by atoms with E-state index in [2.05, 4.69) is 37.8 Å². The third kappa shape index (κ3) is 3.58. The summed E-state index contributed by atoms with van der Waals surface area (Å²) in [5, 5.41) is 0. The van der Waals surface area contributed by atoms with E-state index in [4.69, 9.17) is 10.5 Å². The highest BCUT2D eigenvalue weighted by atomic mass is 16.5. The van der Waals surface area contributed by atoms with Crippen molar-refractivity contribution in [2.75, 3.05) is 20.2 Å². The fourth-order valence-electron chi connectivity index (χ4n) is 3.37. The Morgan fingerprint density at radius 3 is 2.76 bits per heavy atom. The standard InChI is InChI=1S/C18H30N2O/c1-5-13(3)12-20(6-2)17-10-8-14-7-9-15(21-4)11-16(14)18(17)19/h7,9,11,13,17-18H,5-6,8,10,12,19H2,1-4H3. The molecular formula is C18H30N2O. The van der Waals surface area contributed by atoms with Gasteiger partial charge in [0.05, 0.1) is 7.11 Å². The average Bonchev–Trinajstić information content (AvgIpc) is 2.53. The monoisotopic (exact) mass is 290 g/mol. The lowest BCUT2D eigenvalue weighted by Crippen LogP contribution is -2.46. The van der Waals surface area contributed by atoms with Crippen molar-refractivity contribution in [3.8, 4) is 5.75 Å². The van der Waals surface area contributed by atoms with Crippen molar-refractivity contribution in [2.45, 2.75) is 52.1 Å². The second kappa shape index (κ2) is 7.28. The van der Waals surface area contributed by atoms with Crippen LogP contribution in [0.25, 0.3) is 0 Å². The van der Waals surface area contributed by atoms with E-state index in [0.29, 0.717) is 6.04 Å². The van der Waals surface area contributed by atoms with Crippen LogP contribution in [0.15, 0.2) is 18.2 Å². The van der Waals surface area contributed by atoms with Crippen molar-refractivity contribution in [1.29, 1.82) is 0 Å². The van der Waals surface area contributed by atoms with Gasteiger partial charge in [-0.1, -0.05) is 33.3 Å². The molecule has 0 spiro atoms. The minimum Gasteiger partial charge on any atom is -0.497 e. The van der Waals surface area contributed by atoms with E-state index < -0.39 is 0 Å². The predicted octanol–water partition coefficient (Wildman–Crippen LogP) is 3.38. The Morgan fingerprint density at radius 1 is 1.38 bits per heavy atom. The zero-order valence-electron chi connectivity index (χ0n) is 13.9. The first-order valence-corrected chi connectivity index (χ1v) is 8.27. The molecule has 1 aromatic rings. The molecule has 0 radical (unpaired) electrons. The maximum atomic E-state index is 6.61. The first-order valence-electron chi connectivity index (χ1n) is 8.27. The van der Waals surface area contributed by atoms with Crippen LogP contribution in [0, 0.1) is 5.92 Å². The smallest absolute Gasteiger partial charge is 0.119 e. The fourth-order valence-corrected chi connectivity index (χ4v) is 3.37. The number of rotatable bonds is 6. The Kier molecular flexibility index (Phi) is 5.65. The maximum absolute atomic E-state index is 6.61. The number of fused-ring (bicyclic) bond motifs is 1. The van der Waals surface area contributed by atoms with Gasteiger partial charge in [0.25, 0.3) is 0 Å². The van der Waals surface area contributed by atoms with Gasteiger partial charge < -0.3 is 10.5 Å². The molecule has 0 saturated heterocycles. The molecule has 2 rings (SSSR count). The van der Waals surface area contributed by atoms with Crippen molar-refractivity contribution < 1.29 is 4.74 Å². The van der Waals surface area contributed by atoms with Gasteiger partial charge in [0, 0.05) is 18.6 Å². The summed E-state index contributed by atoms with van der Waals surface area (Å²) in [6.45, 7) is 9.05. The van der Waals surface area contributed by atoms with Crippen LogP contribution in [0.3, 0.4) is 0 Å². The number of ether oxygens (including phenoxy) is 1. The number of nitrogens with two attached hydrogens (primary N) is 1. The number of likely N-dealkylation sites (N-methyl/N-ethyl adjacent to an activating group) is 1. The van der Waals surface area contributed by atoms with E-state index in [1.807, 2.05) is 6.07 Å². The van der Waals surface area contributed by atoms with Crippen molar-refractivity contribution in [1.82, 2.24) is 4.90 Å². The minimum absolute atomic E-state index is 0.0906. The second-order valence-corrected chi connectivity index (χ2v) is 6.30. The molecule has 21 heavy (non-hydrogen) atoms. The third-order valence-electron chi connectivity index (χ3n) is 4.95. The molecule has 1 aliphatic rings. The fraction of sp³-hybridized carbons (Fsp3) is 0.667. The largest absolute Gasteiger partial charge is 0.497 e. The first kappa shape index (κ1) is 16.3. The van der Waals surface area contributed by atoms with Crippen LogP contribution in [0.2, 0.25) is 0 Å². The SMILES string of the molecule is CCC(C)CN(CC)C1CCc2ccc(OC)cc2C1N. The summed E-state index contributed by atoms with van der Waals surface area (Å²) in [7, 11) is 1.72. The van der Waals surface area contributed by atoms with E-state index in [1.54, 1.807) is 7.11 Å². The number of benzene rings is 1. The van der Waals surface area contributed by atoms with Crippen LogP contribution < -0.4 is 10.5 Å². The summed E-state index contributed by atoms with van der Waals surface area (Å²) in [5.74, 6) is 1.64. The lowest BCUT2D eigenvalue weighted by molar-refractivity contribution is 0.141. The number of hydrogen-bond donors (Lipinski definition) is 1. The van der Waals surface area contributed by atoms with E-state index in [1.165, 1.54) is 17.5 Å². The van der Waals surface area contributed by atoms with Gasteiger partial charge in [0.1, 0.15) is 5.75 Å². The quantitative estimate of drug-likeness (QED) is 0.873. The summed E-state index contributed by atoms with van der Waals surface area (Å²) >= 11 is 0. The first-order chi connectivity index (χ1) is 10.1. The summed E-state index contributed by atoms with van der Waals surface area (Å²) in [5.41, 5.74) is 9.27. The van der Waals surface area contributed by atoms with Crippen molar-refractivity contribution in [3.63, 3.8) is 0 Å². The molecule has 3 heteroatoms. The molecule has 2 N–H and O–H groups in total. The van der Waals surface area contributed by atoms with Gasteiger partial charge in [-0.25, -0.2) is 0 Å². The molecule has 1 aromatic carbocycles. The van der Waals surface area contributed by atoms with Gasteiger partial charge in [-0.15, -0.1) is 0 Å². The Bertz CT molecular complexity index is 461. The predicted molar refractivity (Wildman–Crippen MR) is 88.7 cm³/mol. The Hall–Kier alpha value is -1.06. The van der Waals surface area contributed by atoms with Gasteiger partial charge in [-0.3, -0.25) is 4.90 Å². The Labute approximate surface area is 129 Å². The van der Waals surface area contributed by atoms with Gasteiger partial charge in [-0.05, 0) is 48.6 Å². The molecule has 0 aliphatic heterocycles. The summed E-state index contributed by atoms with van der Waals surface area (Å²) in [6.07, 6.45) is 3.50. The number of hydrogen-bond acceptors (Lipinski definition) is 3. The van der Waals surface area contributed by atoms with E-state index in [9.17, 15) is 0 Å². The normalized spacial score (nSPS) is 23.0. The molecule has 0 aromatic heterocycles.